The lowest BCUT2D eigenvalue weighted by atomic mass is 10.3. The quantitative estimate of drug-likeness (QED) is 0.617. The highest BCUT2D eigenvalue weighted by Crippen LogP contribution is 1.95. The number of aliphatic hydroxyl groups excluding tert-OH is 1. The SMILES string of the molecule is C/C=C/C=C/COC(CC)CO. The first-order valence-electron chi connectivity index (χ1n) is 4.35. The largest absolute Gasteiger partial charge is 0.394 e. The Morgan fingerprint density at radius 3 is 2.67 bits per heavy atom. The molecule has 1 N–H and O–H groups in total. The van der Waals surface area contributed by atoms with Crippen molar-refractivity contribution in [2.24, 2.45) is 0 Å². The van der Waals surface area contributed by atoms with Gasteiger partial charge in [0.05, 0.1) is 19.3 Å². The molecule has 0 aromatic heterocycles. The fourth-order valence-corrected chi connectivity index (χ4v) is 0.737. The molecule has 0 aromatic carbocycles. The van der Waals surface area contributed by atoms with Crippen LogP contribution in [0.25, 0.3) is 0 Å². The smallest absolute Gasteiger partial charge is 0.0807 e. The lowest BCUT2D eigenvalue weighted by Crippen LogP contribution is -2.16. The topological polar surface area (TPSA) is 29.5 Å². The molecular formula is C10H18O2. The fraction of sp³-hybridized carbons (Fsp3) is 0.600. The molecule has 1 atom stereocenters. The molecular weight excluding hydrogens is 152 g/mol. The normalized spacial score (nSPS) is 14.6. The molecule has 0 fully saturated rings. The molecule has 0 heterocycles. The molecule has 12 heavy (non-hydrogen) atoms. The molecule has 0 aromatic rings. The average molecular weight is 170 g/mol. The molecule has 0 saturated heterocycles. The number of hydrogen-bond acceptors (Lipinski definition) is 2. The third kappa shape index (κ3) is 6.13. The van der Waals surface area contributed by atoms with Crippen LogP contribution in [0.15, 0.2) is 24.3 Å². The van der Waals surface area contributed by atoms with Gasteiger partial charge in [0.1, 0.15) is 0 Å². The third-order valence-corrected chi connectivity index (χ3v) is 1.53. The summed E-state index contributed by atoms with van der Waals surface area (Å²) < 4.78 is 5.32. The van der Waals surface area contributed by atoms with Crippen LogP contribution >= 0.6 is 0 Å². The maximum Gasteiger partial charge on any atom is 0.0807 e. The molecule has 1 unspecified atom stereocenters. The van der Waals surface area contributed by atoms with Crippen molar-refractivity contribution in [3.63, 3.8) is 0 Å². The first-order chi connectivity index (χ1) is 5.85. The van der Waals surface area contributed by atoms with Crippen LogP contribution in [0.5, 0.6) is 0 Å². The lowest BCUT2D eigenvalue weighted by molar-refractivity contribution is 0.0264. The van der Waals surface area contributed by atoms with E-state index in [4.69, 9.17) is 9.84 Å². The Hall–Kier alpha value is -0.600. The van der Waals surface area contributed by atoms with Gasteiger partial charge in [-0.3, -0.25) is 0 Å². The Morgan fingerprint density at radius 2 is 2.17 bits per heavy atom. The molecule has 0 bridgehead atoms. The van der Waals surface area contributed by atoms with E-state index in [9.17, 15) is 0 Å². The highest BCUT2D eigenvalue weighted by atomic mass is 16.5. The fourth-order valence-electron chi connectivity index (χ4n) is 0.737. The average Bonchev–Trinajstić information content (AvgIpc) is 2.11. The van der Waals surface area contributed by atoms with Crippen molar-refractivity contribution < 1.29 is 9.84 Å². The van der Waals surface area contributed by atoms with Gasteiger partial charge in [0.15, 0.2) is 0 Å². The number of allylic oxidation sites excluding steroid dienone is 3. The number of hydrogen-bond donors (Lipinski definition) is 1. The Bertz CT molecular complexity index is 135. The molecule has 0 aliphatic heterocycles. The first-order valence-corrected chi connectivity index (χ1v) is 4.35. The van der Waals surface area contributed by atoms with E-state index in [1.54, 1.807) is 0 Å². The molecule has 0 rings (SSSR count). The zero-order valence-corrected chi connectivity index (χ0v) is 7.86. The van der Waals surface area contributed by atoms with E-state index in [-0.39, 0.29) is 12.7 Å². The molecule has 70 valence electrons. The van der Waals surface area contributed by atoms with Gasteiger partial charge in [0.25, 0.3) is 0 Å². The number of ether oxygens (including phenoxy) is 1. The summed E-state index contributed by atoms with van der Waals surface area (Å²) in [6.45, 7) is 4.64. The summed E-state index contributed by atoms with van der Waals surface area (Å²) in [7, 11) is 0. The zero-order chi connectivity index (χ0) is 9.23. The van der Waals surface area contributed by atoms with E-state index < -0.39 is 0 Å². The highest BCUT2D eigenvalue weighted by Gasteiger charge is 2.01. The maximum absolute atomic E-state index is 8.77. The van der Waals surface area contributed by atoms with Crippen molar-refractivity contribution in [1.29, 1.82) is 0 Å². The predicted octanol–water partition coefficient (Wildman–Crippen LogP) is 1.91. The van der Waals surface area contributed by atoms with Crippen LogP contribution in [0.2, 0.25) is 0 Å². The van der Waals surface area contributed by atoms with Crippen LogP contribution in [-0.2, 0) is 4.74 Å². The summed E-state index contributed by atoms with van der Waals surface area (Å²) in [6, 6.07) is 0. The monoisotopic (exact) mass is 170 g/mol. The van der Waals surface area contributed by atoms with Crippen LogP contribution in [0.1, 0.15) is 20.3 Å². The van der Waals surface area contributed by atoms with E-state index in [1.165, 1.54) is 0 Å². The van der Waals surface area contributed by atoms with Crippen LogP contribution in [-0.4, -0.2) is 24.4 Å². The Morgan fingerprint density at radius 1 is 1.42 bits per heavy atom. The molecule has 0 aliphatic rings. The van der Waals surface area contributed by atoms with Gasteiger partial charge in [0, 0.05) is 0 Å². The number of rotatable bonds is 6. The summed E-state index contributed by atoms with van der Waals surface area (Å²) in [6.07, 6.45) is 8.61. The molecule has 0 spiro atoms. The predicted molar refractivity (Wildman–Crippen MR) is 51.1 cm³/mol. The van der Waals surface area contributed by atoms with Gasteiger partial charge >= 0.3 is 0 Å². The van der Waals surface area contributed by atoms with E-state index in [0.29, 0.717) is 6.61 Å². The molecule has 2 heteroatoms. The minimum atomic E-state index is -0.0137. The van der Waals surface area contributed by atoms with E-state index >= 15 is 0 Å². The standard InChI is InChI=1S/C10H18O2/c1-3-5-6-7-8-12-10(4-2)9-11/h3,5-7,10-11H,4,8-9H2,1-2H3/b5-3+,7-6+. The van der Waals surface area contributed by atoms with Crippen molar-refractivity contribution >= 4 is 0 Å². The van der Waals surface area contributed by atoms with Gasteiger partial charge in [-0.25, -0.2) is 0 Å². The van der Waals surface area contributed by atoms with Gasteiger partial charge < -0.3 is 9.84 Å². The summed E-state index contributed by atoms with van der Waals surface area (Å²) >= 11 is 0. The van der Waals surface area contributed by atoms with Gasteiger partial charge in [-0.05, 0) is 13.3 Å². The second-order valence-electron chi connectivity index (χ2n) is 2.50. The van der Waals surface area contributed by atoms with E-state index in [1.807, 2.05) is 38.2 Å². The van der Waals surface area contributed by atoms with Crippen molar-refractivity contribution in [1.82, 2.24) is 0 Å². The van der Waals surface area contributed by atoms with Crippen molar-refractivity contribution in [2.45, 2.75) is 26.4 Å². The molecule has 2 nitrogen and oxygen atoms in total. The lowest BCUT2D eigenvalue weighted by Gasteiger charge is -2.10. The summed E-state index contributed by atoms with van der Waals surface area (Å²) in [5, 5.41) is 8.77. The Labute approximate surface area is 74.6 Å². The summed E-state index contributed by atoms with van der Waals surface area (Å²) in [5.74, 6) is 0. The third-order valence-electron chi connectivity index (χ3n) is 1.53. The first kappa shape index (κ1) is 11.4. The zero-order valence-electron chi connectivity index (χ0n) is 7.86. The van der Waals surface area contributed by atoms with Crippen LogP contribution in [0.4, 0.5) is 0 Å². The van der Waals surface area contributed by atoms with Gasteiger partial charge in [-0.15, -0.1) is 0 Å². The van der Waals surface area contributed by atoms with Crippen LogP contribution in [0, 0.1) is 0 Å². The minimum Gasteiger partial charge on any atom is -0.394 e. The second-order valence-corrected chi connectivity index (χ2v) is 2.50. The molecule has 0 saturated carbocycles. The van der Waals surface area contributed by atoms with Gasteiger partial charge in [-0.1, -0.05) is 31.2 Å². The second kappa shape index (κ2) is 8.50. The minimum absolute atomic E-state index is 0.0137. The summed E-state index contributed by atoms with van der Waals surface area (Å²) in [5.41, 5.74) is 0. The van der Waals surface area contributed by atoms with Gasteiger partial charge in [0.2, 0.25) is 0 Å². The summed E-state index contributed by atoms with van der Waals surface area (Å²) in [4.78, 5) is 0. The molecule has 0 radical (unpaired) electrons. The Kier molecular flexibility index (Phi) is 8.07. The van der Waals surface area contributed by atoms with Crippen LogP contribution in [0.3, 0.4) is 0 Å². The molecule has 0 amide bonds. The van der Waals surface area contributed by atoms with Crippen molar-refractivity contribution in [3.05, 3.63) is 24.3 Å². The maximum atomic E-state index is 8.77. The van der Waals surface area contributed by atoms with Crippen molar-refractivity contribution in [2.75, 3.05) is 13.2 Å². The van der Waals surface area contributed by atoms with Gasteiger partial charge in [-0.2, -0.15) is 0 Å². The Balaban J connectivity index is 3.40. The van der Waals surface area contributed by atoms with Crippen molar-refractivity contribution in [3.8, 4) is 0 Å². The van der Waals surface area contributed by atoms with Crippen LogP contribution < -0.4 is 0 Å². The molecule has 0 aliphatic carbocycles. The van der Waals surface area contributed by atoms with E-state index in [0.717, 1.165) is 6.42 Å². The number of aliphatic hydroxyl groups is 1. The van der Waals surface area contributed by atoms with E-state index in [2.05, 4.69) is 0 Å². The highest BCUT2D eigenvalue weighted by molar-refractivity contribution is 5.00.